The van der Waals surface area contributed by atoms with Crippen molar-refractivity contribution >= 4 is 57.3 Å². The summed E-state index contributed by atoms with van der Waals surface area (Å²) in [5.41, 5.74) is 1.90. The Morgan fingerprint density at radius 2 is 1.53 bits per heavy atom. The fourth-order valence-electron chi connectivity index (χ4n) is 3.72. The third-order valence-corrected chi connectivity index (χ3v) is 7.36. The summed E-state index contributed by atoms with van der Waals surface area (Å²) in [6, 6.07) is 14.1. The number of halogens is 3. The van der Waals surface area contributed by atoms with Gasteiger partial charge in [-0.3, -0.25) is 4.90 Å². The van der Waals surface area contributed by atoms with E-state index in [1.54, 1.807) is 18.3 Å². The summed E-state index contributed by atoms with van der Waals surface area (Å²) in [6.07, 6.45) is 1.62. The van der Waals surface area contributed by atoms with E-state index in [-0.39, 0.29) is 29.7 Å². The monoisotopic (exact) mass is 489 g/mol. The van der Waals surface area contributed by atoms with Crippen LogP contribution in [0.1, 0.15) is 12.5 Å². The molecule has 0 radical (unpaired) electrons. The standard InChI is InChI=1S/C21H24ClN3O2S.2ClH/c1-2-23-11-13-24(14-12-23)16-17-3-8-21-18(15-17)9-10-25(21)28(26,27)20-6-4-19(22)5-7-20;;/h3-10,15H,2,11-14,16H2,1H3;2*1H. The van der Waals surface area contributed by atoms with E-state index in [0.717, 1.165) is 44.7 Å². The van der Waals surface area contributed by atoms with E-state index >= 15 is 0 Å². The van der Waals surface area contributed by atoms with E-state index in [9.17, 15) is 8.42 Å². The molecule has 4 rings (SSSR count). The minimum atomic E-state index is -3.65. The van der Waals surface area contributed by atoms with Gasteiger partial charge in [0.25, 0.3) is 10.0 Å². The predicted octanol–water partition coefficient (Wildman–Crippen LogP) is 4.51. The van der Waals surface area contributed by atoms with Crippen LogP contribution in [0.3, 0.4) is 0 Å². The molecule has 3 aromatic rings. The number of rotatable bonds is 5. The van der Waals surface area contributed by atoms with Gasteiger partial charge in [0.1, 0.15) is 0 Å². The second kappa shape index (κ2) is 10.4. The van der Waals surface area contributed by atoms with Gasteiger partial charge in [-0.1, -0.05) is 24.6 Å². The largest absolute Gasteiger partial charge is 0.301 e. The fraction of sp³-hybridized carbons (Fsp3) is 0.333. The molecule has 2 heterocycles. The number of piperazine rings is 1. The van der Waals surface area contributed by atoms with Crippen LogP contribution in [0.25, 0.3) is 10.9 Å². The number of aromatic nitrogens is 1. The van der Waals surface area contributed by atoms with Crippen LogP contribution in [0, 0.1) is 0 Å². The van der Waals surface area contributed by atoms with E-state index in [0.29, 0.717) is 10.5 Å². The first-order chi connectivity index (χ1) is 13.5. The average molecular weight is 491 g/mol. The molecule has 9 heteroatoms. The van der Waals surface area contributed by atoms with Crippen molar-refractivity contribution in [2.75, 3.05) is 32.7 Å². The van der Waals surface area contributed by atoms with Gasteiger partial charge >= 0.3 is 0 Å². The van der Waals surface area contributed by atoms with Crippen LogP contribution in [0.5, 0.6) is 0 Å². The Balaban J connectivity index is 0.00000160. The maximum absolute atomic E-state index is 13.0. The zero-order valence-corrected chi connectivity index (χ0v) is 19.9. The molecule has 0 atom stereocenters. The molecule has 30 heavy (non-hydrogen) atoms. The average Bonchev–Trinajstić information content (AvgIpc) is 3.13. The second-order valence-electron chi connectivity index (χ2n) is 7.17. The third kappa shape index (κ3) is 5.13. The Hall–Kier alpha value is -1.28. The number of fused-ring (bicyclic) bond motifs is 1. The minimum Gasteiger partial charge on any atom is -0.301 e. The zero-order chi connectivity index (χ0) is 19.7. The van der Waals surface area contributed by atoms with Crippen molar-refractivity contribution in [3.8, 4) is 0 Å². The van der Waals surface area contributed by atoms with Gasteiger partial charge in [0.15, 0.2) is 0 Å². The second-order valence-corrected chi connectivity index (χ2v) is 9.43. The van der Waals surface area contributed by atoms with Crippen molar-refractivity contribution in [1.29, 1.82) is 0 Å². The van der Waals surface area contributed by atoms with Crippen LogP contribution in [-0.4, -0.2) is 54.9 Å². The van der Waals surface area contributed by atoms with Crippen molar-refractivity contribution < 1.29 is 8.42 Å². The Bertz CT molecular complexity index is 1080. The van der Waals surface area contributed by atoms with Gasteiger partial charge in [-0.2, -0.15) is 0 Å². The van der Waals surface area contributed by atoms with Crippen LogP contribution in [0.4, 0.5) is 0 Å². The number of likely N-dealkylation sites (N-methyl/N-ethyl adjacent to an activating group) is 1. The van der Waals surface area contributed by atoms with Gasteiger partial charge in [0.2, 0.25) is 0 Å². The molecule has 1 aliphatic rings. The summed E-state index contributed by atoms with van der Waals surface area (Å²) in [5.74, 6) is 0. The molecule has 0 unspecified atom stereocenters. The number of hydrogen-bond donors (Lipinski definition) is 0. The molecule has 5 nitrogen and oxygen atoms in total. The minimum absolute atomic E-state index is 0. The highest BCUT2D eigenvalue weighted by Gasteiger charge is 2.20. The first kappa shape index (κ1) is 25.0. The summed E-state index contributed by atoms with van der Waals surface area (Å²) in [5, 5.41) is 1.45. The Morgan fingerprint density at radius 1 is 0.900 bits per heavy atom. The topological polar surface area (TPSA) is 45.5 Å². The maximum Gasteiger partial charge on any atom is 0.268 e. The number of nitrogens with zero attached hydrogens (tertiary/aromatic N) is 3. The van der Waals surface area contributed by atoms with Crippen LogP contribution in [0.15, 0.2) is 59.6 Å². The summed E-state index contributed by atoms with van der Waals surface area (Å²) in [4.78, 5) is 5.14. The summed E-state index contributed by atoms with van der Waals surface area (Å²) in [6.45, 7) is 8.54. The first-order valence-electron chi connectivity index (χ1n) is 9.53. The van der Waals surface area contributed by atoms with Crippen molar-refractivity contribution in [2.45, 2.75) is 18.4 Å². The van der Waals surface area contributed by atoms with E-state index < -0.39 is 10.0 Å². The van der Waals surface area contributed by atoms with E-state index in [4.69, 9.17) is 11.6 Å². The molecule has 0 bridgehead atoms. The van der Waals surface area contributed by atoms with E-state index in [1.807, 2.05) is 18.2 Å². The quantitative estimate of drug-likeness (QED) is 0.528. The SMILES string of the molecule is CCN1CCN(Cc2ccc3c(ccn3S(=O)(=O)c3ccc(Cl)cc3)c2)CC1.Cl.Cl. The van der Waals surface area contributed by atoms with Gasteiger partial charge in [0.05, 0.1) is 10.4 Å². The van der Waals surface area contributed by atoms with Gasteiger partial charge in [-0.15, -0.1) is 24.8 Å². The van der Waals surface area contributed by atoms with Crippen LogP contribution in [-0.2, 0) is 16.6 Å². The lowest BCUT2D eigenvalue weighted by Gasteiger charge is -2.34. The lowest BCUT2D eigenvalue weighted by molar-refractivity contribution is 0.132. The van der Waals surface area contributed by atoms with E-state index in [2.05, 4.69) is 22.8 Å². The van der Waals surface area contributed by atoms with Gasteiger partial charge in [0, 0.05) is 49.3 Å². The van der Waals surface area contributed by atoms with Gasteiger partial charge < -0.3 is 4.90 Å². The molecule has 0 saturated carbocycles. The number of hydrogen-bond acceptors (Lipinski definition) is 4. The molecular weight excluding hydrogens is 465 g/mol. The predicted molar refractivity (Wildman–Crippen MR) is 128 cm³/mol. The van der Waals surface area contributed by atoms with Crippen molar-refractivity contribution in [1.82, 2.24) is 13.8 Å². The van der Waals surface area contributed by atoms with Crippen molar-refractivity contribution in [3.05, 3.63) is 65.3 Å². The molecule has 0 N–H and O–H groups in total. The lowest BCUT2D eigenvalue weighted by atomic mass is 10.1. The fourth-order valence-corrected chi connectivity index (χ4v) is 5.20. The molecule has 1 saturated heterocycles. The van der Waals surface area contributed by atoms with Crippen molar-refractivity contribution in [3.63, 3.8) is 0 Å². The molecule has 0 amide bonds. The Labute approximate surface area is 195 Å². The molecule has 164 valence electrons. The molecule has 0 spiro atoms. The molecule has 1 aromatic heterocycles. The molecular formula is C21H26Cl3N3O2S. The maximum atomic E-state index is 13.0. The lowest BCUT2D eigenvalue weighted by Crippen LogP contribution is -2.45. The smallest absolute Gasteiger partial charge is 0.268 e. The highest BCUT2D eigenvalue weighted by molar-refractivity contribution is 7.90. The molecule has 2 aromatic carbocycles. The Morgan fingerprint density at radius 3 is 2.17 bits per heavy atom. The normalized spacial score (nSPS) is 15.5. The third-order valence-electron chi connectivity index (χ3n) is 5.41. The van der Waals surface area contributed by atoms with Gasteiger partial charge in [-0.05, 0) is 54.6 Å². The number of benzene rings is 2. The highest BCUT2D eigenvalue weighted by Crippen LogP contribution is 2.24. The summed E-state index contributed by atoms with van der Waals surface area (Å²) < 4.78 is 27.3. The molecule has 1 aliphatic heterocycles. The molecule has 1 fully saturated rings. The van der Waals surface area contributed by atoms with Crippen LogP contribution >= 0.6 is 36.4 Å². The molecule has 0 aliphatic carbocycles. The highest BCUT2D eigenvalue weighted by atomic mass is 35.5. The van der Waals surface area contributed by atoms with Crippen LogP contribution in [0.2, 0.25) is 5.02 Å². The summed E-state index contributed by atoms with van der Waals surface area (Å²) >= 11 is 5.89. The van der Waals surface area contributed by atoms with Gasteiger partial charge in [-0.25, -0.2) is 12.4 Å². The first-order valence-corrected chi connectivity index (χ1v) is 11.3. The van der Waals surface area contributed by atoms with Crippen molar-refractivity contribution in [2.24, 2.45) is 0 Å². The summed E-state index contributed by atoms with van der Waals surface area (Å²) in [7, 11) is -3.65. The Kier molecular flexibility index (Phi) is 8.62. The zero-order valence-electron chi connectivity index (χ0n) is 16.7. The van der Waals surface area contributed by atoms with Crippen LogP contribution < -0.4 is 0 Å². The van der Waals surface area contributed by atoms with E-state index in [1.165, 1.54) is 21.7 Å².